The molecular formula is C11H9N5. The summed E-state index contributed by atoms with van der Waals surface area (Å²) in [4.78, 5) is 4.17. The Balaban J connectivity index is 2.22. The topological polar surface area (TPSA) is 67.3 Å². The third-order valence-electron chi connectivity index (χ3n) is 2.49. The highest BCUT2D eigenvalue weighted by Crippen LogP contribution is 2.21. The molecule has 0 spiro atoms. The molecule has 78 valence electrons. The molecule has 0 aliphatic heterocycles. The Hall–Kier alpha value is -2.30. The zero-order valence-electron chi connectivity index (χ0n) is 8.68. The van der Waals surface area contributed by atoms with E-state index in [1.54, 1.807) is 12.4 Å². The molecule has 0 bridgehead atoms. The summed E-state index contributed by atoms with van der Waals surface area (Å²) in [5.41, 5.74) is 2.94. The zero-order chi connectivity index (χ0) is 11.0. The summed E-state index contributed by atoms with van der Waals surface area (Å²) < 4.78 is 0. The summed E-state index contributed by atoms with van der Waals surface area (Å²) in [6.07, 6.45) is 3.19. The Labute approximate surface area is 91.6 Å². The van der Waals surface area contributed by atoms with Crippen LogP contribution in [0.1, 0.15) is 5.69 Å². The third-order valence-corrected chi connectivity index (χ3v) is 2.49. The largest absolute Gasteiger partial charge is 0.278 e. The highest BCUT2D eigenvalue weighted by atomic mass is 15.1. The highest BCUT2D eigenvalue weighted by molar-refractivity contribution is 5.85. The predicted octanol–water partition coefficient (Wildman–Crippen LogP) is 1.72. The molecule has 0 radical (unpaired) electrons. The van der Waals surface area contributed by atoms with Gasteiger partial charge in [-0.3, -0.25) is 5.10 Å². The van der Waals surface area contributed by atoms with Crippen LogP contribution in [-0.4, -0.2) is 25.4 Å². The second-order valence-electron chi connectivity index (χ2n) is 3.54. The molecule has 0 saturated carbocycles. The van der Waals surface area contributed by atoms with Crippen molar-refractivity contribution < 1.29 is 0 Å². The van der Waals surface area contributed by atoms with Gasteiger partial charge in [-0.15, -0.1) is 5.10 Å². The smallest absolute Gasteiger partial charge is 0.181 e. The number of aromatic nitrogens is 5. The Morgan fingerprint density at radius 2 is 2.12 bits per heavy atom. The minimum atomic E-state index is 0.630. The standard InChI is InChI=1S/C11H9N5/c1-7-9-6-8(2-3-10(9)15-14-7)11-12-4-5-13-16-11/h2-6H,1H3,(H,14,15). The number of aromatic amines is 1. The fraction of sp³-hybridized carbons (Fsp3) is 0.0909. The van der Waals surface area contributed by atoms with Gasteiger partial charge in [0.1, 0.15) is 0 Å². The van der Waals surface area contributed by atoms with Gasteiger partial charge in [-0.25, -0.2) is 4.98 Å². The molecule has 2 heterocycles. The third kappa shape index (κ3) is 1.33. The average Bonchev–Trinajstić information content (AvgIpc) is 2.72. The summed E-state index contributed by atoms with van der Waals surface area (Å²) in [6.45, 7) is 1.96. The van der Waals surface area contributed by atoms with Gasteiger partial charge in [0.2, 0.25) is 0 Å². The molecule has 0 saturated heterocycles. The molecule has 0 atom stereocenters. The molecule has 16 heavy (non-hydrogen) atoms. The summed E-state index contributed by atoms with van der Waals surface area (Å²) in [5, 5.41) is 16.0. The molecule has 5 nitrogen and oxygen atoms in total. The second-order valence-corrected chi connectivity index (χ2v) is 3.54. The van der Waals surface area contributed by atoms with Crippen LogP contribution in [0.3, 0.4) is 0 Å². The molecule has 0 amide bonds. The van der Waals surface area contributed by atoms with Gasteiger partial charge < -0.3 is 0 Å². The average molecular weight is 211 g/mol. The molecule has 3 aromatic rings. The maximum absolute atomic E-state index is 4.17. The number of fused-ring (bicyclic) bond motifs is 1. The van der Waals surface area contributed by atoms with Gasteiger partial charge in [0.15, 0.2) is 5.82 Å². The van der Waals surface area contributed by atoms with E-state index in [0.717, 1.165) is 22.2 Å². The lowest BCUT2D eigenvalue weighted by molar-refractivity contribution is 0.980. The molecule has 0 fully saturated rings. The Morgan fingerprint density at radius 3 is 2.94 bits per heavy atom. The normalized spacial score (nSPS) is 10.8. The van der Waals surface area contributed by atoms with Crippen LogP contribution in [0.15, 0.2) is 30.6 Å². The van der Waals surface area contributed by atoms with Crippen molar-refractivity contribution in [1.29, 1.82) is 0 Å². The number of nitrogens with one attached hydrogen (secondary N) is 1. The molecule has 1 N–H and O–H groups in total. The molecule has 2 aromatic heterocycles. The number of benzene rings is 1. The van der Waals surface area contributed by atoms with Crippen LogP contribution in [0.25, 0.3) is 22.3 Å². The maximum Gasteiger partial charge on any atom is 0.181 e. The first-order valence-electron chi connectivity index (χ1n) is 4.93. The lowest BCUT2D eigenvalue weighted by Crippen LogP contribution is -1.89. The van der Waals surface area contributed by atoms with Crippen molar-refractivity contribution in [3.05, 3.63) is 36.3 Å². The van der Waals surface area contributed by atoms with E-state index >= 15 is 0 Å². The molecule has 0 unspecified atom stereocenters. The first-order chi connectivity index (χ1) is 7.84. The summed E-state index contributed by atoms with van der Waals surface area (Å²) in [6, 6.07) is 5.95. The van der Waals surface area contributed by atoms with Crippen molar-refractivity contribution in [3.63, 3.8) is 0 Å². The lowest BCUT2D eigenvalue weighted by Gasteiger charge is -1.98. The van der Waals surface area contributed by atoms with Crippen molar-refractivity contribution in [2.24, 2.45) is 0 Å². The van der Waals surface area contributed by atoms with Crippen LogP contribution < -0.4 is 0 Å². The van der Waals surface area contributed by atoms with Gasteiger partial charge in [-0.05, 0) is 25.1 Å². The van der Waals surface area contributed by atoms with E-state index in [0.29, 0.717) is 5.82 Å². The van der Waals surface area contributed by atoms with Gasteiger partial charge in [-0.2, -0.15) is 10.2 Å². The lowest BCUT2D eigenvalue weighted by atomic mass is 10.1. The Morgan fingerprint density at radius 1 is 1.19 bits per heavy atom. The Bertz CT molecular complexity index is 629. The SMILES string of the molecule is Cc1n[nH]c2ccc(-c3nccnn3)cc12. The molecule has 0 aliphatic rings. The number of nitrogens with zero attached hydrogens (tertiary/aromatic N) is 4. The van der Waals surface area contributed by atoms with Gasteiger partial charge in [0, 0.05) is 17.1 Å². The van der Waals surface area contributed by atoms with E-state index in [2.05, 4.69) is 25.4 Å². The highest BCUT2D eigenvalue weighted by Gasteiger charge is 2.05. The number of aryl methyl sites for hydroxylation is 1. The first kappa shape index (κ1) is 8.96. The van der Waals surface area contributed by atoms with E-state index < -0.39 is 0 Å². The minimum Gasteiger partial charge on any atom is -0.278 e. The molecular weight excluding hydrogens is 202 g/mol. The summed E-state index contributed by atoms with van der Waals surface area (Å²) in [5.74, 6) is 0.630. The van der Waals surface area contributed by atoms with Crippen molar-refractivity contribution in [3.8, 4) is 11.4 Å². The van der Waals surface area contributed by atoms with Gasteiger partial charge in [0.25, 0.3) is 0 Å². The quantitative estimate of drug-likeness (QED) is 0.665. The minimum absolute atomic E-state index is 0.630. The Kier molecular flexibility index (Phi) is 1.89. The molecule has 1 aromatic carbocycles. The van der Waals surface area contributed by atoms with Gasteiger partial charge in [-0.1, -0.05) is 0 Å². The fourth-order valence-corrected chi connectivity index (χ4v) is 1.66. The van der Waals surface area contributed by atoms with Crippen LogP contribution in [-0.2, 0) is 0 Å². The fourth-order valence-electron chi connectivity index (χ4n) is 1.66. The van der Waals surface area contributed by atoms with E-state index in [9.17, 15) is 0 Å². The van der Waals surface area contributed by atoms with Crippen LogP contribution in [0, 0.1) is 6.92 Å². The van der Waals surface area contributed by atoms with E-state index in [1.807, 2.05) is 25.1 Å². The van der Waals surface area contributed by atoms with E-state index in [1.165, 1.54) is 0 Å². The van der Waals surface area contributed by atoms with Crippen LogP contribution in [0.2, 0.25) is 0 Å². The molecule has 0 aliphatic carbocycles. The van der Waals surface area contributed by atoms with Crippen molar-refractivity contribution in [2.45, 2.75) is 6.92 Å². The van der Waals surface area contributed by atoms with Crippen LogP contribution in [0.4, 0.5) is 0 Å². The molecule has 3 rings (SSSR count). The van der Waals surface area contributed by atoms with Crippen molar-refractivity contribution >= 4 is 10.9 Å². The van der Waals surface area contributed by atoms with Gasteiger partial charge in [0.05, 0.1) is 17.4 Å². The van der Waals surface area contributed by atoms with Crippen LogP contribution in [0.5, 0.6) is 0 Å². The number of hydrogen-bond donors (Lipinski definition) is 1. The number of hydrogen-bond acceptors (Lipinski definition) is 4. The summed E-state index contributed by atoms with van der Waals surface area (Å²) in [7, 11) is 0. The molecule has 5 heteroatoms. The monoisotopic (exact) mass is 211 g/mol. The van der Waals surface area contributed by atoms with Crippen molar-refractivity contribution in [2.75, 3.05) is 0 Å². The summed E-state index contributed by atoms with van der Waals surface area (Å²) >= 11 is 0. The maximum atomic E-state index is 4.17. The van der Waals surface area contributed by atoms with Gasteiger partial charge >= 0.3 is 0 Å². The van der Waals surface area contributed by atoms with Crippen LogP contribution >= 0.6 is 0 Å². The van der Waals surface area contributed by atoms with E-state index in [-0.39, 0.29) is 0 Å². The first-order valence-corrected chi connectivity index (χ1v) is 4.93. The predicted molar refractivity (Wildman–Crippen MR) is 59.7 cm³/mol. The van der Waals surface area contributed by atoms with Crippen molar-refractivity contribution in [1.82, 2.24) is 25.4 Å². The van der Waals surface area contributed by atoms with E-state index in [4.69, 9.17) is 0 Å². The second kappa shape index (κ2) is 3.37. The number of rotatable bonds is 1. The number of H-pyrrole nitrogens is 1. The zero-order valence-corrected chi connectivity index (χ0v) is 8.68.